The lowest BCUT2D eigenvalue weighted by atomic mass is 9.91. The van der Waals surface area contributed by atoms with Crippen molar-refractivity contribution < 1.29 is 9.21 Å². The predicted molar refractivity (Wildman–Crippen MR) is 108 cm³/mol. The van der Waals surface area contributed by atoms with Gasteiger partial charge in [-0.05, 0) is 38.3 Å². The lowest BCUT2D eigenvalue weighted by Gasteiger charge is -2.22. The summed E-state index contributed by atoms with van der Waals surface area (Å²) in [6.45, 7) is 11.4. The fraction of sp³-hybridized carbons (Fsp3) is 0.522. The van der Waals surface area contributed by atoms with E-state index in [0.717, 1.165) is 29.9 Å². The number of carbonyl (C=O) groups excluding carboxylic acids is 1. The van der Waals surface area contributed by atoms with Crippen LogP contribution in [0.2, 0.25) is 0 Å². The lowest BCUT2D eigenvalue weighted by molar-refractivity contribution is 0.0762. The van der Waals surface area contributed by atoms with Crippen molar-refractivity contribution in [3.05, 3.63) is 52.7 Å². The van der Waals surface area contributed by atoms with Crippen LogP contribution in [0.3, 0.4) is 0 Å². The van der Waals surface area contributed by atoms with Gasteiger partial charge in [0, 0.05) is 30.5 Å². The summed E-state index contributed by atoms with van der Waals surface area (Å²) in [5, 5.41) is 9.56. The Bertz CT molecular complexity index is 911. The smallest absolute Gasteiger partial charge is 0.254 e. The van der Waals surface area contributed by atoms with E-state index in [9.17, 15) is 10.1 Å². The molecule has 5 nitrogen and oxygen atoms in total. The van der Waals surface area contributed by atoms with Crippen LogP contribution in [-0.2, 0) is 17.3 Å². The molecule has 1 aromatic heterocycles. The number of likely N-dealkylation sites (N-methyl/N-ethyl adjacent to an activating group) is 1. The molecule has 1 aliphatic rings. The van der Waals surface area contributed by atoms with Crippen molar-refractivity contribution in [1.29, 1.82) is 5.26 Å². The molecule has 1 fully saturated rings. The molecule has 0 atom stereocenters. The first-order chi connectivity index (χ1) is 13.2. The number of oxazole rings is 1. The topological polar surface area (TPSA) is 70.1 Å². The van der Waals surface area contributed by atoms with Crippen LogP contribution >= 0.6 is 0 Å². The normalized spacial score (nSPS) is 15.1. The van der Waals surface area contributed by atoms with Crippen LogP contribution in [0.1, 0.15) is 73.8 Å². The molecule has 1 amide bonds. The Morgan fingerprint density at radius 1 is 1.32 bits per heavy atom. The van der Waals surface area contributed by atoms with E-state index < -0.39 is 5.41 Å². The Balaban J connectivity index is 1.77. The Labute approximate surface area is 167 Å². The molecule has 2 aromatic rings. The van der Waals surface area contributed by atoms with Gasteiger partial charge in [-0.1, -0.05) is 39.0 Å². The molecular formula is C23H29N3O2. The predicted octanol–water partition coefficient (Wildman–Crippen LogP) is 4.54. The number of nitrogens with zero attached hydrogens (tertiary/aromatic N) is 3. The number of amides is 1. The first-order valence-corrected chi connectivity index (χ1v) is 9.98. The molecule has 28 heavy (non-hydrogen) atoms. The summed E-state index contributed by atoms with van der Waals surface area (Å²) in [7, 11) is 0. The highest BCUT2D eigenvalue weighted by Crippen LogP contribution is 2.48. The number of aromatic nitrogens is 1. The third-order valence-corrected chi connectivity index (χ3v) is 5.45. The standard InChI is InChI=1S/C23H29N3O2/c1-6-26(14-11-19-25-20(16(2)28-19)22(3,4)5)21(27)17-9-7-8-10-18(17)23(15-24)12-13-23/h7-10H,6,11-14H2,1-5H3. The molecule has 1 aliphatic carbocycles. The van der Waals surface area contributed by atoms with E-state index in [1.165, 1.54) is 0 Å². The van der Waals surface area contributed by atoms with Crippen molar-refractivity contribution in [2.24, 2.45) is 0 Å². The van der Waals surface area contributed by atoms with Crippen molar-refractivity contribution in [2.75, 3.05) is 13.1 Å². The van der Waals surface area contributed by atoms with Crippen LogP contribution in [0.15, 0.2) is 28.7 Å². The molecule has 0 bridgehead atoms. The van der Waals surface area contributed by atoms with E-state index >= 15 is 0 Å². The van der Waals surface area contributed by atoms with E-state index in [4.69, 9.17) is 4.42 Å². The van der Waals surface area contributed by atoms with E-state index in [0.29, 0.717) is 31.0 Å². The van der Waals surface area contributed by atoms with Crippen LogP contribution in [0.25, 0.3) is 0 Å². The summed E-state index contributed by atoms with van der Waals surface area (Å²) in [6, 6.07) is 9.94. The largest absolute Gasteiger partial charge is 0.446 e. The summed E-state index contributed by atoms with van der Waals surface area (Å²) < 4.78 is 5.83. The van der Waals surface area contributed by atoms with Crippen LogP contribution < -0.4 is 0 Å². The second kappa shape index (κ2) is 7.43. The second-order valence-electron chi connectivity index (χ2n) is 8.64. The average molecular weight is 380 g/mol. The summed E-state index contributed by atoms with van der Waals surface area (Å²) in [6.07, 6.45) is 2.22. The van der Waals surface area contributed by atoms with Gasteiger partial charge in [-0.2, -0.15) is 5.26 Å². The maximum atomic E-state index is 13.2. The number of nitriles is 1. The third kappa shape index (κ3) is 3.82. The van der Waals surface area contributed by atoms with E-state index in [-0.39, 0.29) is 11.3 Å². The molecule has 0 unspecified atom stereocenters. The zero-order valence-corrected chi connectivity index (χ0v) is 17.5. The SMILES string of the molecule is CCN(CCc1nc(C(C)(C)C)c(C)o1)C(=O)c1ccccc1C1(C#N)CC1. The first kappa shape index (κ1) is 20.1. The summed E-state index contributed by atoms with van der Waals surface area (Å²) in [5.41, 5.74) is 1.92. The van der Waals surface area contributed by atoms with Crippen LogP contribution in [-0.4, -0.2) is 28.9 Å². The van der Waals surface area contributed by atoms with Gasteiger partial charge in [-0.25, -0.2) is 4.98 Å². The average Bonchev–Trinajstić information content (AvgIpc) is 3.37. The molecule has 1 heterocycles. The Morgan fingerprint density at radius 3 is 2.54 bits per heavy atom. The number of benzene rings is 1. The molecule has 0 aliphatic heterocycles. The third-order valence-electron chi connectivity index (χ3n) is 5.45. The summed E-state index contributed by atoms with van der Waals surface area (Å²) >= 11 is 0. The van der Waals surface area contributed by atoms with E-state index in [1.807, 2.05) is 43.0 Å². The van der Waals surface area contributed by atoms with Crippen LogP contribution in [0, 0.1) is 18.3 Å². The number of rotatable bonds is 6. The highest BCUT2D eigenvalue weighted by Gasteiger charge is 2.47. The van der Waals surface area contributed by atoms with Crippen molar-refractivity contribution in [2.45, 2.75) is 64.7 Å². The van der Waals surface area contributed by atoms with Crippen molar-refractivity contribution in [3.63, 3.8) is 0 Å². The van der Waals surface area contributed by atoms with Gasteiger partial charge in [0.25, 0.3) is 5.91 Å². The van der Waals surface area contributed by atoms with Crippen LogP contribution in [0.5, 0.6) is 0 Å². The molecule has 148 valence electrons. The molecular weight excluding hydrogens is 350 g/mol. The fourth-order valence-electron chi connectivity index (χ4n) is 3.71. The first-order valence-electron chi connectivity index (χ1n) is 9.98. The quantitative estimate of drug-likeness (QED) is 0.739. The second-order valence-corrected chi connectivity index (χ2v) is 8.64. The Hall–Kier alpha value is -2.61. The van der Waals surface area contributed by atoms with Crippen molar-refractivity contribution in [3.8, 4) is 6.07 Å². The maximum Gasteiger partial charge on any atom is 0.254 e. The van der Waals surface area contributed by atoms with Crippen molar-refractivity contribution in [1.82, 2.24) is 9.88 Å². The molecule has 0 spiro atoms. The number of carbonyl (C=O) groups is 1. The van der Waals surface area contributed by atoms with Gasteiger partial charge in [0.15, 0.2) is 5.89 Å². The van der Waals surface area contributed by atoms with Gasteiger partial charge in [-0.3, -0.25) is 4.79 Å². The monoisotopic (exact) mass is 379 g/mol. The summed E-state index contributed by atoms with van der Waals surface area (Å²) in [5.74, 6) is 1.48. The molecule has 0 radical (unpaired) electrons. The molecule has 0 N–H and O–H groups in total. The zero-order valence-electron chi connectivity index (χ0n) is 17.5. The lowest BCUT2D eigenvalue weighted by Crippen LogP contribution is -2.34. The Morgan fingerprint density at radius 2 is 2.00 bits per heavy atom. The fourth-order valence-corrected chi connectivity index (χ4v) is 3.71. The zero-order chi connectivity index (χ0) is 20.5. The molecule has 1 saturated carbocycles. The molecule has 5 heteroatoms. The van der Waals surface area contributed by atoms with E-state index in [1.54, 1.807) is 0 Å². The minimum atomic E-state index is -0.479. The number of hydrogen-bond acceptors (Lipinski definition) is 4. The van der Waals surface area contributed by atoms with Gasteiger partial charge < -0.3 is 9.32 Å². The molecule has 1 aromatic carbocycles. The van der Waals surface area contributed by atoms with Gasteiger partial charge in [0.05, 0.1) is 17.2 Å². The van der Waals surface area contributed by atoms with Crippen LogP contribution in [0.4, 0.5) is 0 Å². The molecule has 3 rings (SSSR count). The van der Waals surface area contributed by atoms with E-state index in [2.05, 4.69) is 31.8 Å². The van der Waals surface area contributed by atoms with Gasteiger partial charge in [0.1, 0.15) is 5.76 Å². The van der Waals surface area contributed by atoms with Gasteiger partial charge >= 0.3 is 0 Å². The summed E-state index contributed by atoms with van der Waals surface area (Å²) in [4.78, 5) is 19.7. The van der Waals surface area contributed by atoms with Crippen molar-refractivity contribution >= 4 is 5.91 Å². The minimum Gasteiger partial charge on any atom is -0.446 e. The highest BCUT2D eigenvalue weighted by molar-refractivity contribution is 5.96. The van der Waals surface area contributed by atoms with Gasteiger partial charge in [-0.15, -0.1) is 0 Å². The Kier molecular flexibility index (Phi) is 5.34. The molecule has 0 saturated heterocycles. The maximum absolute atomic E-state index is 13.2. The number of aryl methyl sites for hydroxylation is 1. The minimum absolute atomic E-state index is 0.0288. The van der Waals surface area contributed by atoms with Gasteiger partial charge in [0.2, 0.25) is 0 Å². The number of hydrogen-bond donors (Lipinski definition) is 0. The highest BCUT2D eigenvalue weighted by atomic mass is 16.4.